The summed E-state index contributed by atoms with van der Waals surface area (Å²) >= 11 is 0. The van der Waals surface area contributed by atoms with E-state index in [1.807, 2.05) is 36.5 Å². The van der Waals surface area contributed by atoms with Crippen LogP contribution in [0.5, 0.6) is 0 Å². The fourth-order valence-corrected chi connectivity index (χ4v) is 3.99. The number of rotatable bonds is 3. The molecule has 5 rings (SSSR count). The Balaban J connectivity index is 1.40. The molecule has 1 aliphatic heterocycles. The van der Waals surface area contributed by atoms with E-state index in [0.29, 0.717) is 6.04 Å². The van der Waals surface area contributed by atoms with Gasteiger partial charge in [0.15, 0.2) is 5.76 Å². The summed E-state index contributed by atoms with van der Waals surface area (Å²) < 4.78 is 6.00. The first-order chi connectivity index (χ1) is 12.8. The number of para-hydroxylation sites is 1. The summed E-state index contributed by atoms with van der Waals surface area (Å²) in [5.41, 5.74) is 5.08. The van der Waals surface area contributed by atoms with Gasteiger partial charge in [-0.05, 0) is 25.0 Å². The van der Waals surface area contributed by atoms with Crippen molar-refractivity contribution in [1.29, 1.82) is 0 Å². The molecular formula is C22H21N3O. The van der Waals surface area contributed by atoms with Crippen molar-refractivity contribution in [1.82, 2.24) is 14.9 Å². The molecule has 1 atom stereocenters. The molecule has 4 aromatic rings. The molecular weight excluding hydrogens is 322 g/mol. The van der Waals surface area contributed by atoms with E-state index in [4.69, 9.17) is 4.42 Å². The number of benzene rings is 2. The normalized spacial score (nSPS) is 17.5. The average molecular weight is 343 g/mol. The minimum atomic E-state index is 0.318. The zero-order valence-electron chi connectivity index (χ0n) is 14.8. The molecule has 0 spiro atoms. The standard InChI is InChI=1S/C22H21N3O/c1-15-22-18(17-9-5-6-10-19(17)24-22)11-12-25(15)14-21-23-13-20(26-21)16-7-3-2-4-8-16/h2-10,13,15,24H,11-12,14H2,1H3. The zero-order valence-corrected chi connectivity index (χ0v) is 14.8. The van der Waals surface area contributed by atoms with E-state index in [-0.39, 0.29) is 0 Å². The van der Waals surface area contributed by atoms with Gasteiger partial charge in [0.2, 0.25) is 5.89 Å². The number of aromatic amines is 1. The van der Waals surface area contributed by atoms with Crippen LogP contribution in [0.4, 0.5) is 0 Å². The summed E-state index contributed by atoms with van der Waals surface area (Å²) in [6.07, 6.45) is 2.88. The number of oxazole rings is 1. The second-order valence-electron chi connectivity index (χ2n) is 6.94. The van der Waals surface area contributed by atoms with Crippen molar-refractivity contribution in [3.63, 3.8) is 0 Å². The predicted octanol–water partition coefficient (Wildman–Crippen LogP) is 4.94. The van der Waals surface area contributed by atoms with Crippen LogP contribution in [0, 0.1) is 0 Å². The molecule has 4 nitrogen and oxygen atoms in total. The van der Waals surface area contributed by atoms with Crippen molar-refractivity contribution in [2.24, 2.45) is 0 Å². The smallest absolute Gasteiger partial charge is 0.209 e. The molecule has 1 unspecified atom stereocenters. The molecule has 1 N–H and O–H groups in total. The zero-order chi connectivity index (χ0) is 17.5. The average Bonchev–Trinajstić information content (AvgIpc) is 3.30. The first kappa shape index (κ1) is 15.4. The van der Waals surface area contributed by atoms with Crippen LogP contribution in [-0.4, -0.2) is 21.4 Å². The van der Waals surface area contributed by atoms with Crippen molar-refractivity contribution >= 4 is 10.9 Å². The molecule has 0 fully saturated rings. The molecule has 2 aromatic carbocycles. The van der Waals surface area contributed by atoms with E-state index >= 15 is 0 Å². The summed E-state index contributed by atoms with van der Waals surface area (Å²) in [6.45, 7) is 4.00. The third-order valence-electron chi connectivity index (χ3n) is 5.41. The molecule has 0 saturated heterocycles. The fraction of sp³-hybridized carbons (Fsp3) is 0.227. The maximum atomic E-state index is 6.00. The van der Waals surface area contributed by atoms with Crippen molar-refractivity contribution in [3.8, 4) is 11.3 Å². The quantitative estimate of drug-likeness (QED) is 0.573. The Morgan fingerprint density at radius 3 is 2.81 bits per heavy atom. The number of fused-ring (bicyclic) bond motifs is 3. The number of H-pyrrole nitrogens is 1. The van der Waals surface area contributed by atoms with Gasteiger partial charge in [-0.25, -0.2) is 4.98 Å². The number of aromatic nitrogens is 2. The number of hydrogen-bond donors (Lipinski definition) is 1. The van der Waals surface area contributed by atoms with Crippen LogP contribution in [0.1, 0.15) is 30.1 Å². The Bertz CT molecular complexity index is 1050. The van der Waals surface area contributed by atoms with Crippen molar-refractivity contribution in [2.75, 3.05) is 6.54 Å². The first-order valence-corrected chi connectivity index (χ1v) is 9.13. The van der Waals surface area contributed by atoms with Crippen molar-refractivity contribution in [3.05, 3.63) is 77.9 Å². The largest absolute Gasteiger partial charge is 0.439 e. The van der Waals surface area contributed by atoms with E-state index in [0.717, 1.165) is 36.7 Å². The van der Waals surface area contributed by atoms with Crippen molar-refractivity contribution in [2.45, 2.75) is 25.9 Å². The summed E-state index contributed by atoms with van der Waals surface area (Å²) in [4.78, 5) is 10.6. The molecule has 1 aliphatic rings. The van der Waals surface area contributed by atoms with Crippen LogP contribution in [0.15, 0.2) is 65.2 Å². The van der Waals surface area contributed by atoms with Gasteiger partial charge in [-0.3, -0.25) is 4.90 Å². The lowest BCUT2D eigenvalue weighted by Crippen LogP contribution is -2.33. The highest BCUT2D eigenvalue weighted by molar-refractivity contribution is 5.85. The Labute approximate surface area is 152 Å². The van der Waals surface area contributed by atoms with Crippen LogP contribution in [-0.2, 0) is 13.0 Å². The van der Waals surface area contributed by atoms with Gasteiger partial charge < -0.3 is 9.40 Å². The van der Waals surface area contributed by atoms with Crippen LogP contribution in [0.25, 0.3) is 22.2 Å². The third kappa shape index (κ3) is 2.54. The van der Waals surface area contributed by atoms with Gasteiger partial charge >= 0.3 is 0 Å². The summed E-state index contributed by atoms with van der Waals surface area (Å²) in [7, 11) is 0. The molecule has 0 aliphatic carbocycles. The van der Waals surface area contributed by atoms with Crippen molar-refractivity contribution < 1.29 is 4.42 Å². The van der Waals surface area contributed by atoms with Crippen LogP contribution in [0.3, 0.4) is 0 Å². The van der Waals surface area contributed by atoms with Gasteiger partial charge in [0, 0.05) is 34.7 Å². The minimum absolute atomic E-state index is 0.318. The van der Waals surface area contributed by atoms with Gasteiger partial charge in [0.1, 0.15) is 0 Å². The molecule has 0 saturated carbocycles. The summed E-state index contributed by atoms with van der Waals surface area (Å²) in [5, 5.41) is 1.36. The highest BCUT2D eigenvalue weighted by atomic mass is 16.4. The van der Waals surface area contributed by atoms with Crippen LogP contribution >= 0.6 is 0 Å². The monoisotopic (exact) mass is 343 g/mol. The van der Waals surface area contributed by atoms with Crippen LogP contribution < -0.4 is 0 Å². The fourth-order valence-electron chi connectivity index (χ4n) is 3.99. The lowest BCUT2D eigenvalue weighted by Gasteiger charge is -2.32. The van der Waals surface area contributed by atoms with Gasteiger partial charge in [-0.15, -0.1) is 0 Å². The Morgan fingerprint density at radius 2 is 1.92 bits per heavy atom. The maximum absolute atomic E-state index is 6.00. The first-order valence-electron chi connectivity index (χ1n) is 9.13. The van der Waals surface area contributed by atoms with E-state index in [9.17, 15) is 0 Å². The Morgan fingerprint density at radius 1 is 1.12 bits per heavy atom. The summed E-state index contributed by atoms with van der Waals surface area (Å²) in [5.74, 6) is 1.60. The molecule has 3 heterocycles. The van der Waals surface area contributed by atoms with Gasteiger partial charge in [-0.1, -0.05) is 48.5 Å². The highest BCUT2D eigenvalue weighted by Gasteiger charge is 2.28. The lowest BCUT2D eigenvalue weighted by molar-refractivity contribution is 0.170. The van der Waals surface area contributed by atoms with E-state index in [2.05, 4.69) is 46.1 Å². The number of hydrogen-bond acceptors (Lipinski definition) is 3. The van der Waals surface area contributed by atoms with Crippen LogP contribution in [0.2, 0.25) is 0 Å². The molecule has 0 amide bonds. The lowest BCUT2D eigenvalue weighted by atomic mass is 9.98. The molecule has 26 heavy (non-hydrogen) atoms. The molecule has 130 valence electrons. The molecule has 2 aromatic heterocycles. The number of nitrogens with one attached hydrogen (secondary N) is 1. The topological polar surface area (TPSA) is 45.1 Å². The van der Waals surface area contributed by atoms with E-state index in [1.165, 1.54) is 22.2 Å². The second-order valence-corrected chi connectivity index (χ2v) is 6.94. The summed E-state index contributed by atoms with van der Waals surface area (Å²) in [6, 6.07) is 19.0. The van der Waals surface area contributed by atoms with E-state index < -0.39 is 0 Å². The van der Waals surface area contributed by atoms with Gasteiger partial charge in [0.05, 0.1) is 12.7 Å². The minimum Gasteiger partial charge on any atom is -0.439 e. The molecule has 0 radical (unpaired) electrons. The van der Waals surface area contributed by atoms with Gasteiger partial charge in [-0.2, -0.15) is 0 Å². The highest BCUT2D eigenvalue weighted by Crippen LogP contribution is 2.35. The third-order valence-corrected chi connectivity index (χ3v) is 5.41. The SMILES string of the molecule is CC1c2[nH]c3ccccc3c2CCN1Cc1ncc(-c2ccccc2)o1. The Hall–Kier alpha value is -2.85. The van der Waals surface area contributed by atoms with Gasteiger partial charge in [0.25, 0.3) is 0 Å². The Kier molecular flexibility index (Phi) is 3.64. The predicted molar refractivity (Wildman–Crippen MR) is 103 cm³/mol. The second kappa shape index (κ2) is 6.15. The molecule has 4 heteroatoms. The maximum Gasteiger partial charge on any atom is 0.209 e. The van der Waals surface area contributed by atoms with E-state index in [1.54, 1.807) is 0 Å². The number of nitrogens with zero attached hydrogens (tertiary/aromatic N) is 2. The molecule has 0 bridgehead atoms.